The Bertz CT molecular complexity index is 606. The lowest BCUT2D eigenvalue weighted by Crippen LogP contribution is -2.23. The van der Waals surface area contributed by atoms with Crippen molar-refractivity contribution >= 4 is 17.5 Å². The zero-order chi connectivity index (χ0) is 15.2. The van der Waals surface area contributed by atoms with E-state index in [0.717, 1.165) is 24.5 Å². The SMILES string of the molecule is CCN(CC)c1ccc(NC(=O)c2ccccc2C)nn1. The van der Waals surface area contributed by atoms with Crippen molar-refractivity contribution in [3.05, 3.63) is 47.5 Å². The van der Waals surface area contributed by atoms with Gasteiger partial charge < -0.3 is 10.2 Å². The molecule has 0 spiro atoms. The fourth-order valence-electron chi connectivity index (χ4n) is 2.12. The van der Waals surface area contributed by atoms with Gasteiger partial charge in [-0.1, -0.05) is 18.2 Å². The molecule has 1 N–H and O–H groups in total. The van der Waals surface area contributed by atoms with Crippen molar-refractivity contribution in [1.82, 2.24) is 10.2 Å². The largest absolute Gasteiger partial charge is 0.356 e. The minimum atomic E-state index is -0.169. The molecule has 1 aromatic carbocycles. The van der Waals surface area contributed by atoms with Crippen LogP contribution in [0.4, 0.5) is 11.6 Å². The molecule has 0 aliphatic carbocycles. The number of amides is 1. The summed E-state index contributed by atoms with van der Waals surface area (Å²) in [4.78, 5) is 14.3. The van der Waals surface area contributed by atoms with Crippen LogP contribution in [-0.4, -0.2) is 29.2 Å². The zero-order valence-electron chi connectivity index (χ0n) is 12.6. The third-order valence-electron chi connectivity index (χ3n) is 3.37. The standard InChI is InChI=1S/C16H20N4O/c1-4-20(5-2)15-11-10-14(18-19-15)17-16(21)13-9-7-6-8-12(13)3/h6-11H,4-5H2,1-3H3,(H,17,18,21). The maximum atomic E-state index is 12.2. The summed E-state index contributed by atoms with van der Waals surface area (Å²) in [5.41, 5.74) is 1.58. The molecule has 21 heavy (non-hydrogen) atoms. The molecule has 0 bridgehead atoms. The van der Waals surface area contributed by atoms with Crippen LogP contribution in [0.3, 0.4) is 0 Å². The Balaban J connectivity index is 2.10. The molecule has 5 nitrogen and oxygen atoms in total. The van der Waals surface area contributed by atoms with Crippen molar-refractivity contribution in [3.63, 3.8) is 0 Å². The average Bonchev–Trinajstić information content (AvgIpc) is 2.50. The molecule has 1 aromatic heterocycles. The Labute approximate surface area is 125 Å². The number of carbonyl (C=O) groups excluding carboxylic acids is 1. The highest BCUT2D eigenvalue weighted by atomic mass is 16.1. The van der Waals surface area contributed by atoms with Crippen LogP contribution in [0.15, 0.2) is 36.4 Å². The summed E-state index contributed by atoms with van der Waals surface area (Å²) >= 11 is 0. The van der Waals surface area contributed by atoms with E-state index in [2.05, 4.69) is 34.3 Å². The Morgan fingerprint density at radius 1 is 1.10 bits per heavy atom. The summed E-state index contributed by atoms with van der Waals surface area (Å²) < 4.78 is 0. The smallest absolute Gasteiger partial charge is 0.257 e. The van der Waals surface area contributed by atoms with Gasteiger partial charge in [0.05, 0.1) is 0 Å². The Kier molecular flexibility index (Phi) is 4.87. The molecule has 1 heterocycles. The van der Waals surface area contributed by atoms with Gasteiger partial charge in [-0.25, -0.2) is 0 Å². The van der Waals surface area contributed by atoms with Crippen LogP contribution in [0.1, 0.15) is 29.8 Å². The van der Waals surface area contributed by atoms with Crippen molar-refractivity contribution in [2.45, 2.75) is 20.8 Å². The second-order valence-electron chi connectivity index (χ2n) is 4.72. The lowest BCUT2D eigenvalue weighted by Gasteiger charge is -2.18. The number of nitrogens with zero attached hydrogens (tertiary/aromatic N) is 3. The number of anilines is 2. The molecule has 110 valence electrons. The summed E-state index contributed by atoms with van der Waals surface area (Å²) in [6.45, 7) is 7.79. The zero-order valence-corrected chi connectivity index (χ0v) is 12.6. The molecule has 0 fully saturated rings. The summed E-state index contributed by atoms with van der Waals surface area (Å²) in [5.74, 6) is 1.10. The second-order valence-corrected chi connectivity index (χ2v) is 4.72. The van der Waals surface area contributed by atoms with E-state index in [4.69, 9.17) is 0 Å². The van der Waals surface area contributed by atoms with Crippen molar-refractivity contribution in [1.29, 1.82) is 0 Å². The van der Waals surface area contributed by atoms with E-state index in [9.17, 15) is 4.79 Å². The normalized spacial score (nSPS) is 10.2. The summed E-state index contributed by atoms with van der Waals surface area (Å²) in [6.07, 6.45) is 0. The highest BCUT2D eigenvalue weighted by Gasteiger charge is 2.10. The van der Waals surface area contributed by atoms with Crippen LogP contribution in [0.25, 0.3) is 0 Å². The van der Waals surface area contributed by atoms with E-state index in [1.165, 1.54) is 0 Å². The number of nitrogens with one attached hydrogen (secondary N) is 1. The lowest BCUT2D eigenvalue weighted by molar-refractivity contribution is 0.102. The van der Waals surface area contributed by atoms with E-state index < -0.39 is 0 Å². The van der Waals surface area contributed by atoms with Crippen LogP contribution < -0.4 is 10.2 Å². The van der Waals surface area contributed by atoms with Crippen LogP contribution >= 0.6 is 0 Å². The number of aromatic nitrogens is 2. The number of benzene rings is 1. The summed E-state index contributed by atoms with van der Waals surface area (Å²) in [7, 11) is 0. The van der Waals surface area contributed by atoms with Crippen molar-refractivity contribution in [3.8, 4) is 0 Å². The highest BCUT2D eigenvalue weighted by molar-refractivity contribution is 6.04. The monoisotopic (exact) mass is 284 g/mol. The van der Waals surface area contributed by atoms with Gasteiger partial charge in [0.2, 0.25) is 0 Å². The first-order valence-corrected chi connectivity index (χ1v) is 7.11. The quantitative estimate of drug-likeness (QED) is 0.917. The Morgan fingerprint density at radius 2 is 1.81 bits per heavy atom. The Morgan fingerprint density at radius 3 is 2.38 bits per heavy atom. The van der Waals surface area contributed by atoms with Gasteiger partial charge in [0.25, 0.3) is 5.91 Å². The van der Waals surface area contributed by atoms with E-state index in [1.54, 1.807) is 12.1 Å². The average molecular weight is 284 g/mol. The van der Waals surface area contributed by atoms with Gasteiger partial charge in [-0.15, -0.1) is 10.2 Å². The van der Waals surface area contributed by atoms with Gasteiger partial charge in [0.1, 0.15) is 0 Å². The first-order chi connectivity index (χ1) is 10.2. The number of carbonyl (C=O) groups is 1. The number of rotatable bonds is 5. The third-order valence-corrected chi connectivity index (χ3v) is 3.37. The summed E-state index contributed by atoms with van der Waals surface area (Å²) in [6, 6.07) is 11.1. The molecule has 0 saturated heterocycles. The summed E-state index contributed by atoms with van der Waals surface area (Å²) in [5, 5.41) is 11.0. The van der Waals surface area contributed by atoms with Gasteiger partial charge in [0.15, 0.2) is 11.6 Å². The maximum Gasteiger partial charge on any atom is 0.257 e. The fourth-order valence-corrected chi connectivity index (χ4v) is 2.12. The molecule has 0 aliphatic rings. The minimum absolute atomic E-state index is 0.169. The van der Waals surface area contributed by atoms with E-state index >= 15 is 0 Å². The van der Waals surface area contributed by atoms with Crippen molar-refractivity contribution < 1.29 is 4.79 Å². The number of hydrogen-bond donors (Lipinski definition) is 1. The molecular weight excluding hydrogens is 264 g/mol. The van der Waals surface area contributed by atoms with Gasteiger partial charge in [0, 0.05) is 18.7 Å². The maximum absolute atomic E-state index is 12.2. The van der Waals surface area contributed by atoms with Gasteiger partial charge in [-0.2, -0.15) is 0 Å². The number of aryl methyl sites for hydroxylation is 1. The van der Waals surface area contributed by atoms with E-state index in [0.29, 0.717) is 11.4 Å². The third kappa shape index (κ3) is 3.56. The molecule has 1 amide bonds. The van der Waals surface area contributed by atoms with Crippen molar-refractivity contribution in [2.75, 3.05) is 23.3 Å². The molecule has 0 radical (unpaired) electrons. The second kappa shape index (κ2) is 6.83. The highest BCUT2D eigenvalue weighted by Crippen LogP contribution is 2.13. The van der Waals surface area contributed by atoms with Crippen LogP contribution in [0.2, 0.25) is 0 Å². The predicted octanol–water partition coefficient (Wildman–Crippen LogP) is 2.88. The van der Waals surface area contributed by atoms with E-state index in [-0.39, 0.29) is 5.91 Å². The van der Waals surface area contributed by atoms with Crippen LogP contribution in [-0.2, 0) is 0 Å². The number of hydrogen-bond acceptors (Lipinski definition) is 4. The first kappa shape index (κ1) is 15.0. The molecule has 0 unspecified atom stereocenters. The molecule has 0 aliphatic heterocycles. The van der Waals surface area contributed by atoms with Gasteiger partial charge >= 0.3 is 0 Å². The molecule has 0 saturated carbocycles. The molecule has 2 rings (SSSR count). The first-order valence-electron chi connectivity index (χ1n) is 7.11. The van der Waals surface area contributed by atoms with Gasteiger partial charge in [-0.05, 0) is 44.5 Å². The van der Waals surface area contributed by atoms with Crippen molar-refractivity contribution in [2.24, 2.45) is 0 Å². The van der Waals surface area contributed by atoms with Gasteiger partial charge in [-0.3, -0.25) is 4.79 Å². The predicted molar refractivity (Wildman–Crippen MR) is 84.7 cm³/mol. The van der Waals surface area contributed by atoms with Crippen LogP contribution in [0, 0.1) is 6.92 Å². The molecule has 2 aromatic rings. The van der Waals surface area contributed by atoms with E-state index in [1.807, 2.05) is 31.2 Å². The Hall–Kier alpha value is -2.43. The molecule has 0 atom stereocenters. The van der Waals surface area contributed by atoms with Crippen LogP contribution in [0.5, 0.6) is 0 Å². The fraction of sp³-hybridized carbons (Fsp3) is 0.312. The topological polar surface area (TPSA) is 58.1 Å². The molecule has 5 heteroatoms. The molecular formula is C16H20N4O. The lowest BCUT2D eigenvalue weighted by atomic mass is 10.1. The minimum Gasteiger partial charge on any atom is -0.356 e.